The summed E-state index contributed by atoms with van der Waals surface area (Å²) in [7, 11) is 1.82. The topological polar surface area (TPSA) is 62.2 Å². The maximum atomic E-state index is 11.9. The Kier molecular flexibility index (Phi) is 5.00. The van der Waals surface area contributed by atoms with Gasteiger partial charge in [0.1, 0.15) is 5.82 Å². The Morgan fingerprint density at radius 3 is 3.00 bits per heavy atom. The van der Waals surface area contributed by atoms with Crippen LogP contribution in [0.1, 0.15) is 25.5 Å². The van der Waals surface area contributed by atoms with Crippen molar-refractivity contribution in [2.45, 2.75) is 26.7 Å². The predicted octanol–water partition coefficient (Wildman–Crippen LogP) is 1.58. The van der Waals surface area contributed by atoms with Crippen molar-refractivity contribution in [3.8, 4) is 0 Å². The molecule has 1 aromatic rings. The molecule has 0 aliphatic carbocycles. The number of urea groups is 1. The quantitative estimate of drug-likeness (QED) is 0.879. The number of hydrogen-bond donors (Lipinski definition) is 2. The molecule has 1 aliphatic rings. The molecule has 1 fully saturated rings. The summed E-state index contributed by atoms with van der Waals surface area (Å²) in [5.74, 6) is 1.28. The zero-order valence-corrected chi connectivity index (χ0v) is 12.6. The third-order valence-electron chi connectivity index (χ3n) is 3.85. The summed E-state index contributed by atoms with van der Waals surface area (Å²) in [6.45, 7) is 8.20. The fourth-order valence-electron chi connectivity index (χ4n) is 2.73. The third-order valence-corrected chi connectivity index (χ3v) is 3.85. The van der Waals surface area contributed by atoms with Gasteiger partial charge in [-0.15, -0.1) is 0 Å². The Hall–Kier alpha value is -1.56. The molecular weight excluding hydrogens is 254 g/mol. The molecule has 0 radical (unpaired) electrons. The van der Waals surface area contributed by atoms with Gasteiger partial charge in [-0.25, -0.2) is 4.79 Å². The molecular formula is C14H25N5O. The SMILES string of the molecule is CCN1CCC[C@H](CNC(=O)Nc2cc(C)nn2C)C1. The Bertz CT molecular complexity index is 456. The lowest BCUT2D eigenvalue weighted by Gasteiger charge is -2.31. The van der Waals surface area contributed by atoms with Crippen LogP contribution in [0.25, 0.3) is 0 Å². The van der Waals surface area contributed by atoms with E-state index < -0.39 is 0 Å². The van der Waals surface area contributed by atoms with Gasteiger partial charge in [-0.3, -0.25) is 10.00 Å². The number of nitrogens with zero attached hydrogens (tertiary/aromatic N) is 3. The molecule has 2 heterocycles. The zero-order valence-electron chi connectivity index (χ0n) is 12.6. The second kappa shape index (κ2) is 6.74. The van der Waals surface area contributed by atoms with E-state index in [-0.39, 0.29) is 6.03 Å². The second-order valence-corrected chi connectivity index (χ2v) is 5.53. The second-order valence-electron chi connectivity index (χ2n) is 5.53. The van der Waals surface area contributed by atoms with Gasteiger partial charge in [0, 0.05) is 26.2 Å². The minimum Gasteiger partial charge on any atom is -0.338 e. The maximum absolute atomic E-state index is 11.9. The molecule has 0 spiro atoms. The lowest BCUT2D eigenvalue weighted by atomic mass is 9.98. The maximum Gasteiger partial charge on any atom is 0.320 e. The molecule has 2 N–H and O–H groups in total. The molecule has 0 bridgehead atoms. The van der Waals surface area contributed by atoms with E-state index in [1.54, 1.807) is 4.68 Å². The summed E-state index contributed by atoms with van der Waals surface area (Å²) in [4.78, 5) is 14.3. The van der Waals surface area contributed by atoms with Crippen molar-refractivity contribution in [2.75, 3.05) is 31.5 Å². The summed E-state index contributed by atoms with van der Waals surface area (Å²) in [5.41, 5.74) is 0.897. The van der Waals surface area contributed by atoms with Gasteiger partial charge in [0.2, 0.25) is 0 Å². The highest BCUT2D eigenvalue weighted by atomic mass is 16.2. The number of anilines is 1. The molecule has 0 aromatic carbocycles. The molecule has 1 aromatic heterocycles. The number of aryl methyl sites for hydroxylation is 2. The van der Waals surface area contributed by atoms with E-state index >= 15 is 0 Å². The monoisotopic (exact) mass is 279 g/mol. The summed E-state index contributed by atoms with van der Waals surface area (Å²) in [6.07, 6.45) is 2.42. The van der Waals surface area contributed by atoms with E-state index in [4.69, 9.17) is 0 Å². The Labute approximate surface area is 120 Å². The highest BCUT2D eigenvalue weighted by Crippen LogP contribution is 2.15. The molecule has 112 valence electrons. The minimum absolute atomic E-state index is 0.151. The van der Waals surface area contributed by atoms with Crippen LogP contribution in [0.5, 0.6) is 0 Å². The van der Waals surface area contributed by atoms with Crippen molar-refractivity contribution in [3.05, 3.63) is 11.8 Å². The van der Waals surface area contributed by atoms with E-state index in [0.717, 1.165) is 31.1 Å². The van der Waals surface area contributed by atoms with Crippen LogP contribution in [0.3, 0.4) is 0 Å². The number of nitrogens with one attached hydrogen (secondary N) is 2. The number of carbonyl (C=O) groups excluding carboxylic acids is 1. The van der Waals surface area contributed by atoms with Gasteiger partial charge in [-0.1, -0.05) is 6.92 Å². The van der Waals surface area contributed by atoms with Gasteiger partial charge < -0.3 is 10.2 Å². The highest BCUT2D eigenvalue weighted by molar-refractivity contribution is 5.88. The summed E-state index contributed by atoms with van der Waals surface area (Å²) < 4.78 is 1.67. The summed E-state index contributed by atoms with van der Waals surface area (Å²) in [5, 5.41) is 10.00. The molecule has 0 saturated carbocycles. The number of aromatic nitrogens is 2. The summed E-state index contributed by atoms with van der Waals surface area (Å²) >= 11 is 0. The Balaban J connectivity index is 1.76. The molecule has 20 heavy (non-hydrogen) atoms. The zero-order chi connectivity index (χ0) is 14.5. The first-order valence-electron chi connectivity index (χ1n) is 7.36. The molecule has 1 atom stereocenters. The van der Waals surface area contributed by atoms with Gasteiger partial charge in [-0.05, 0) is 38.8 Å². The van der Waals surface area contributed by atoms with Crippen LogP contribution < -0.4 is 10.6 Å². The number of carbonyl (C=O) groups is 1. The van der Waals surface area contributed by atoms with Crippen LogP contribution in [-0.2, 0) is 7.05 Å². The van der Waals surface area contributed by atoms with Crippen molar-refractivity contribution >= 4 is 11.8 Å². The largest absolute Gasteiger partial charge is 0.338 e. The summed E-state index contributed by atoms with van der Waals surface area (Å²) in [6, 6.07) is 1.71. The fraction of sp³-hybridized carbons (Fsp3) is 0.714. The predicted molar refractivity (Wildman–Crippen MR) is 79.8 cm³/mol. The average Bonchev–Trinajstić information content (AvgIpc) is 2.75. The third kappa shape index (κ3) is 3.96. The highest BCUT2D eigenvalue weighted by Gasteiger charge is 2.19. The smallest absolute Gasteiger partial charge is 0.320 e. The lowest BCUT2D eigenvalue weighted by molar-refractivity contribution is 0.180. The van der Waals surface area contributed by atoms with E-state index in [2.05, 4.69) is 27.6 Å². The van der Waals surface area contributed by atoms with Crippen molar-refractivity contribution in [1.82, 2.24) is 20.0 Å². The number of piperidine rings is 1. The van der Waals surface area contributed by atoms with E-state index in [9.17, 15) is 4.79 Å². The average molecular weight is 279 g/mol. The number of hydrogen-bond acceptors (Lipinski definition) is 3. The number of amides is 2. The van der Waals surface area contributed by atoms with Crippen LogP contribution in [0.4, 0.5) is 10.6 Å². The molecule has 2 amide bonds. The molecule has 0 unspecified atom stereocenters. The molecule has 1 aliphatic heterocycles. The van der Waals surface area contributed by atoms with Gasteiger partial charge >= 0.3 is 6.03 Å². The van der Waals surface area contributed by atoms with E-state index in [0.29, 0.717) is 5.92 Å². The van der Waals surface area contributed by atoms with E-state index in [1.807, 2.05) is 20.0 Å². The van der Waals surface area contributed by atoms with Crippen LogP contribution >= 0.6 is 0 Å². The van der Waals surface area contributed by atoms with Crippen molar-refractivity contribution in [2.24, 2.45) is 13.0 Å². The molecule has 6 nitrogen and oxygen atoms in total. The first kappa shape index (κ1) is 14.8. The number of rotatable bonds is 4. The minimum atomic E-state index is -0.151. The van der Waals surface area contributed by atoms with E-state index in [1.165, 1.54) is 19.4 Å². The van der Waals surface area contributed by atoms with Gasteiger partial charge in [0.15, 0.2) is 0 Å². The van der Waals surface area contributed by atoms with Crippen molar-refractivity contribution < 1.29 is 4.79 Å². The lowest BCUT2D eigenvalue weighted by Crippen LogP contribution is -2.41. The molecule has 1 saturated heterocycles. The Morgan fingerprint density at radius 2 is 2.35 bits per heavy atom. The first-order chi connectivity index (χ1) is 9.58. The number of likely N-dealkylation sites (tertiary alicyclic amines) is 1. The van der Waals surface area contributed by atoms with Gasteiger partial charge in [0.25, 0.3) is 0 Å². The van der Waals surface area contributed by atoms with Crippen molar-refractivity contribution in [1.29, 1.82) is 0 Å². The van der Waals surface area contributed by atoms with Crippen LogP contribution in [-0.4, -0.2) is 46.9 Å². The normalized spacial score (nSPS) is 19.9. The molecule has 2 rings (SSSR count). The molecule has 6 heteroatoms. The Morgan fingerprint density at radius 1 is 1.55 bits per heavy atom. The van der Waals surface area contributed by atoms with Gasteiger partial charge in [-0.2, -0.15) is 5.10 Å². The first-order valence-corrected chi connectivity index (χ1v) is 7.36. The van der Waals surface area contributed by atoms with Crippen LogP contribution in [0, 0.1) is 12.8 Å². The van der Waals surface area contributed by atoms with Gasteiger partial charge in [0.05, 0.1) is 5.69 Å². The van der Waals surface area contributed by atoms with Crippen LogP contribution in [0.2, 0.25) is 0 Å². The van der Waals surface area contributed by atoms with Crippen molar-refractivity contribution in [3.63, 3.8) is 0 Å². The fourth-order valence-corrected chi connectivity index (χ4v) is 2.73. The van der Waals surface area contributed by atoms with Crippen LogP contribution in [0.15, 0.2) is 6.07 Å². The standard InChI is InChI=1S/C14H25N5O/c1-4-19-7-5-6-12(10-19)9-15-14(20)16-13-8-11(2)17-18(13)3/h8,12H,4-7,9-10H2,1-3H3,(H2,15,16,20)/t12-/m1/s1.